The normalized spacial score (nSPS) is 15.8. The lowest BCUT2D eigenvalue weighted by atomic mass is 10.1. The Morgan fingerprint density at radius 3 is 2.50 bits per heavy atom. The zero-order valence-electron chi connectivity index (χ0n) is 14.6. The van der Waals surface area contributed by atoms with Gasteiger partial charge < -0.3 is 9.64 Å². The highest BCUT2D eigenvalue weighted by Crippen LogP contribution is 2.22. The van der Waals surface area contributed by atoms with E-state index in [0.29, 0.717) is 30.4 Å². The van der Waals surface area contributed by atoms with E-state index in [4.69, 9.17) is 4.74 Å². The van der Waals surface area contributed by atoms with E-state index in [1.165, 1.54) is 15.6 Å². The number of piperazine rings is 1. The van der Waals surface area contributed by atoms with Crippen LogP contribution in [-0.2, 0) is 21.2 Å². The van der Waals surface area contributed by atoms with Gasteiger partial charge in [-0.15, -0.1) is 11.3 Å². The first-order valence-electron chi connectivity index (χ1n) is 8.54. The first-order chi connectivity index (χ1) is 12.5. The summed E-state index contributed by atoms with van der Waals surface area (Å²) in [6, 6.07) is 11.0. The van der Waals surface area contributed by atoms with Gasteiger partial charge in [0.1, 0.15) is 9.96 Å². The molecule has 1 fully saturated rings. The average molecular weight is 395 g/mol. The number of aryl methyl sites for hydroxylation is 1. The molecule has 2 heterocycles. The van der Waals surface area contributed by atoms with E-state index in [0.717, 1.165) is 17.7 Å². The molecule has 0 aliphatic carbocycles. The van der Waals surface area contributed by atoms with Gasteiger partial charge in [0.15, 0.2) is 6.61 Å². The summed E-state index contributed by atoms with van der Waals surface area (Å²) >= 11 is 1.21. The highest BCUT2D eigenvalue weighted by atomic mass is 32.2. The number of carbonyl (C=O) groups is 1. The van der Waals surface area contributed by atoms with Crippen molar-refractivity contribution in [3.63, 3.8) is 0 Å². The quantitative estimate of drug-likeness (QED) is 0.754. The molecule has 0 atom stereocenters. The maximum Gasteiger partial charge on any atom is 0.260 e. The molecule has 0 N–H and O–H groups in total. The molecule has 6 nitrogen and oxygen atoms in total. The Balaban J connectivity index is 1.54. The number of sulfonamides is 1. The lowest BCUT2D eigenvalue weighted by Crippen LogP contribution is -2.51. The summed E-state index contributed by atoms with van der Waals surface area (Å²) in [6.07, 6.45) is 0.837. The van der Waals surface area contributed by atoms with Gasteiger partial charge in [-0.3, -0.25) is 4.79 Å². The molecule has 0 radical (unpaired) electrons. The van der Waals surface area contributed by atoms with Gasteiger partial charge in [-0.2, -0.15) is 4.31 Å². The largest absolute Gasteiger partial charge is 0.483 e. The lowest BCUT2D eigenvalue weighted by Gasteiger charge is -2.33. The first-order valence-corrected chi connectivity index (χ1v) is 10.9. The average Bonchev–Trinajstić information content (AvgIpc) is 3.22. The van der Waals surface area contributed by atoms with Crippen LogP contribution >= 0.6 is 11.3 Å². The number of amides is 1. The summed E-state index contributed by atoms with van der Waals surface area (Å²) in [5.74, 6) is 0.603. The Hall–Kier alpha value is -1.90. The van der Waals surface area contributed by atoms with E-state index in [1.54, 1.807) is 22.4 Å². The molecule has 8 heteroatoms. The minimum atomic E-state index is -3.45. The molecule has 1 aliphatic heterocycles. The molecular weight excluding hydrogens is 372 g/mol. The maximum atomic E-state index is 12.5. The van der Waals surface area contributed by atoms with Crippen molar-refractivity contribution in [1.82, 2.24) is 9.21 Å². The van der Waals surface area contributed by atoms with Crippen molar-refractivity contribution < 1.29 is 17.9 Å². The van der Waals surface area contributed by atoms with E-state index in [2.05, 4.69) is 0 Å². The maximum absolute atomic E-state index is 12.5. The third-order valence-electron chi connectivity index (χ3n) is 4.39. The second-order valence-corrected chi connectivity index (χ2v) is 9.08. The van der Waals surface area contributed by atoms with Crippen molar-refractivity contribution in [2.24, 2.45) is 0 Å². The van der Waals surface area contributed by atoms with E-state index >= 15 is 0 Å². The van der Waals surface area contributed by atoms with E-state index in [9.17, 15) is 13.2 Å². The topological polar surface area (TPSA) is 66.9 Å². The Labute approximate surface area is 158 Å². The Kier molecular flexibility index (Phi) is 5.95. The summed E-state index contributed by atoms with van der Waals surface area (Å²) in [5, 5.41) is 1.75. The van der Waals surface area contributed by atoms with Gasteiger partial charge >= 0.3 is 0 Å². The van der Waals surface area contributed by atoms with Gasteiger partial charge in [0, 0.05) is 26.2 Å². The number of nitrogens with zero attached hydrogens (tertiary/aromatic N) is 2. The molecule has 0 spiro atoms. The van der Waals surface area contributed by atoms with Gasteiger partial charge in [-0.1, -0.05) is 31.2 Å². The number of thiophene rings is 1. The first kappa shape index (κ1) is 18.9. The minimum absolute atomic E-state index is 0.0330. The van der Waals surface area contributed by atoms with Crippen LogP contribution < -0.4 is 4.74 Å². The molecule has 0 bridgehead atoms. The van der Waals surface area contributed by atoms with Crippen molar-refractivity contribution >= 4 is 27.3 Å². The Morgan fingerprint density at radius 1 is 1.12 bits per heavy atom. The fourth-order valence-corrected chi connectivity index (χ4v) is 5.45. The highest BCUT2D eigenvalue weighted by Gasteiger charge is 2.30. The summed E-state index contributed by atoms with van der Waals surface area (Å²) < 4.78 is 32.5. The standard InChI is InChI=1S/C18H22N2O4S2/c1-2-15-6-3-4-7-16(15)24-14-17(21)19-9-11-20(12-10-19)26(22,23)18-8-5-13-25-18/h3-8,13H,2,9-12,14H2,1H3. The van der Waals surface area contributed by atoms with Crippen molar-refractivity contribution in [3.8, 4) is 5.75 Å². The molecule has 1 aliphatic rings. The van der Waals surface area contributed by atoms with Gasteiger partial charge in [0.25, 0.3) is 15.9 Å². The molecule has 1 aromatic carbocycles. The number of carbonyl (C=O) groups excluding carboxylic acids is 1. The van der Waals surface area contributed by atoms with Crippen LogP contribution in [0.15, 0.2) is 46.0 Å². The van der Waals surface area contributed by atoms with Crippen LogP contribution in [0, 0.1) is 0 Å². The van der Waals surface area contributed by atoms with Crippen LogP contribution in [0.5, 0.6) is 5.75 Å². The Morgan fingerprint density at radius 2 is 1.85 bits per heavy atom. The SMILES string of the molecule is CCc1ccccc1OCC(=O)N1CCN(S(=O)(=O)c2cccs2)CC1. The summed E-state index contributed by atoms with van der Waals surface area (Å²) in [7, 11) is -3.45. The monoisotopic (exact) mass is 394 g/mol. The zero-order valence-corrected chi connectivity index (χ0v) is 16.3. The fourth-order valence-electron chi connectivity index (χ4n) is 2.88. The third-order valence-corrected chi connectivity index (χ3v) is 7.66. The van der Waals surface area contributed by atoms with E-state index in [1.807, 2.05) is 31.2 Å². The minimum Gasteiger partial charge on any atom is -0.483 e. The zero-order chi connectivity index (χ0) is 18.6. The fraction of sp³-hybridized carbons (Fsp3) is 0.389. The molecule has 1 saturated heterocycles. The molecule has 1 amide bonds. The molecule has 1 aromatic heterocycles. The number of hydrogen-bond donors (Lipinski definition) is 0. The van der Waals surface area contributed by atoms with Gasteiger partial charge in [-0.25, -0.2) is 8.42 Å². The predicted octanol–water partition coefficient (Wildman–Crippen LogP) is 2.22. The van der Waals surface area contributed by atoms with Gasteiger partial charge in [0.05, 0.1) is 0 Å². The van der Waals surface area contributed by atoms with Crippen LogP contribution in [0.1, 0.15) is 12.5 Å². The second kappa shape index (κ2) is 8.20. The molecule has 3 rings (SSSR count). The van der Waals surface area contributed by atoms with Crippen LogP contribution in [0.4, 0.5) is 0 Å². The second-order valence-electron chi connectivity index (χ2n) is 5.97. The molecular formula is C18H22N2O4S2. The van der Waals surface area contributed by atoms with Crippen molar-refractivity contribution in [1.29, 1.82) is 0 Å². The summed E-state index contributed by atoms with van der Waals surface area (Å²) in [4.78, 5) is 14.1. The number of para-hydroxylation sites is 1. The van der Waals surface area contributed by atoms with Crippen LogP contribution in [0.2, 0.25) is 0 Å². The van der Waals surface area contributed by atoms with Crippen molar-refractivity contribution in [2.75, 3.05) is 32.8 Å². The van der Waals surface area contributed by atoms with Crippen LogP contribution in [0.3, 0.4) is 0 Å². The molecule has 26 heavy (non-hydrogen) atoms. The summed E-state index contributed by atoms with van der Waals surface area (Å²) in [6.45, 7) is 3.37. The smallest absolute Gasteiger partial charge is 0.260 e. The molecule has 140 valence electrons. The van der Waals surface area contributed by atoms with Crippen LogP contribution in [0.25, 0.3) is 0 Å². The van der Waals surface area contributed by atoms with E-state index < -0.39 is 10.0 Å². The molecule has 0 saturated carbocycles. The van der Waals surface area contributed by atoms with Crippen molar-refractivity contribution in [2.45, 2.75) is 17.6 Å². The lowest BCUT2D eigenvalue weighted by molar-refractivity contribution is -0.134. The third kappa shape index (κ3) is 4.08. The van der Waals surface area contributed by atoms with Gasteiger partial charge in [-0.05, 0) is 29.5 Å². The van der Waals surface area contributed by atoms with Gasteiger partial charge in [0.2, 0.25) is 0 Å². The van der Waals surface area contributed by atoms with Crippen molar-refractivity contribution in [3.05, 3.63) is 47.3 Å². The predicted molar refractivity (Wildman–Crippen MR) is 101 cm³/mol. The Bertz CT molecular complexity index is 842. The number of benzene rings is 1. The number of hydrogen-bond acceptors (Lipinski definition) is 5. The highest BCUT2D eigenvalue weighted by molar-refractivity contribution is 7.91. The number of ether oxygens (including phenoxy) is 1. The summed E-state index contributed by atoms with van der Waals surface area (Å²) in [5.41, 5.74) is 1.06. The molecule has 0 unspecified atom stereocenters. The number of rotatable bonds is 6. The van der Waals surface area contributed by atoms with E-state index in [-0.39, 0.29) is 12.5 Å². The molecule has 2 aromatic rings. The van der Waals surface area contributed by atoms with Crippen LogP contribution in [-0.4, -0.2) is 56.3 Å².